The van der Waals surface area contributed by atoms with Crippen molar-refractivity contribution in [2.45, 2.75) is 12.8 Å². The zero-order valence-electron chi connectivity index (χ0n) is 17.4. The smallest absolute Gasteiger partial charge is 0.306 e. The van der Waals surface area contributed by atoms with Crippen LogP contribution >= 0.6 is 0 Å². The predicted molar refractivity (Wildman–Crippen MR) is 119 cm³/mol. The third kappa shape index (κ3) is 6.89. The molecular formula is C25H25NO5. The summed E-state index contributed by atoms with van der Waals surface area (Å²) in [6.07, 6.45) is 0.660. The summed E-state index contributed by atoms with van der Waals surface area (Å²) in [6, 6.07) is 24.5. The van der Waals surface area contributed by atoms with Crippen LogP contribution in [0.5, 0.6) is 11.5 Å². The first kappa shape index (κ1) is 21.9. The number of carbonyl (C=O) groups is 2. The van der Waals surface area contributed by atoms with E-state index in [4.69, 9.17) is 14.2 Å². The van der Waals surface area contributed by atoms with E-state index >= 15 is 0 Å². The highest BCUT2D eigenvalue weighted by molar-refractivity contribution is 5.96. The van der Waals surface area contributed by atoms with Gasteiger partial charge in [0.15, 0.2) is 6.61 Å². The molecule has 6 nitrogen and oxygen atoms in total. The van der Waals surface area contributed by atoms with Crippen molar-refractivity contribution in [3.63, 3.8) is 0 Å². The fraction of sp³-hybridized carbons (Fsp3) is 0.200. The average Bonchev–Trinajstić information content (AvgIpc) is 2.82. The molecule has 31 heavy (non-hydrogen) atoms. The number of nitrogens with one attached hydrogen (secondary N) is 1. The van der Waals surface area contributed by atoms with Crippen molar-refractivity contribution in [3.8, 4) is 22.6 Å². The molecule has 0 atom stereocenters. The van der Waals surface area contributed by atoms with Gasteiger partial charge in [-0.15, -0.1) is 0 Å². The van der Waals surface area contributed by atoms with E-state index < -0.39 is 5.97 Å². The largest absolute Gasteiger partial charge is 0.497 e. The van der Waals surface area contributed by atoms with Gasteiger partial charge in [-0.2, -0.15) is 0 Å². The average molecular weight is 419 g/mol. The van der Waals surface area contributed by atoms with E-state index in [1.165, 1.54) is 0 Å². The molecule has 0 bridgehead atoms. The third-order valence-electron chi connectivity index (χ3n) is 4.50. The number of carbonyl (C=O) groups excluding carboxylic acids is 2. The summed E-state index contributed by atoms with van der Waals surface area (Å²) in [5.74, 6) is 0.627. The van der Waals surface area contributed by atoms with E-state index in [1.54, 1.807) is 31.4 Å². The summed E-state index contributed by atoms with van der Waals surface area (Å²) in [6.45, 7) is 0.0410. The van der Waals surface area contributed by atoms with Crippen LogP contribution in [0.3, 0.4) is 0 Å². The summed E-state index contributed by atoms with van der Waals surface area (Å²) >= 11 is 0. The molecule has 0 aliphatic carbocycles. The number of hydrogen-bond donors (Lipinski definition) is 1. The Morgan fingerprint density at radius 1 is 0.839 bits per heavy atom. The maximum absolute atomic E-state index is 12.2. The van der Waals surface area contributed by atoms with Crippen molar-refractivity contribution in [2.75, 3.05) is 25.6 Å². The Morgan fingerprint density at radius 3 is 2.26 bits per heavy atom. The Bertz CT molecular complexity index is 986. The Balaban J connectivity index is 1.39. The van der Waals surface area contributed by atoms with Crippen LogP contribution in [-0.2, 0) is 14.3 Å². The van der Waals surface area contributed by atoms with E-state index in [-0.39, 0.29) is 18.9 Å². The van der Waals surface area contributed by atoms with Crippen LogP contribution in [0.2, 0.25) is 0 Å². The maximum atomic E-state index is 12.2. The molecule has 3 rings (SSSR count). The predicted octanol–water partition coefficient (Wildman–Crippen LogP) is 4.70. The number of para-hydroxylation sites is 1. The molecule has 160 valence electrons. The molecule has 3 aromatic rings. The molecule has 1 amide bonds. The zero-order chi connectivity index (χ0) is 21.9. The van der Waals surface area contributed by atoms with Crippen LogP contribution in [-0.4, -0.2) is 32.2 Å². The van der Waals surface area contributed by atoms with Gasteiger partial charge in [-0.25, -0.2) is 0 Å². The summed E-state index contributed by atoms with van der Waals surface area (Å²) in [5.41, 5.74) is 2.56. The second-order valence-corrected chi connectivity index (χ2v) is 6.75. The number of methoxy groups -OCH3 is 1. The van der Waals surface area contributed by atoms with Gasteiger partial charge in [0.05, 0.1) is 13.7 Å². The molecule has 0 saturated heterocycles. The Morgan fingerprint density at radius 2 is 1.52 bits per heavy atom. The third-order valence-corrected chi connectivity index (χ3v) is 4.50. The van der Waals surface area contributed by atoms with Crippen LogP contribution in [0.1, 0.15) is 12.8 Å². The van der Waals surface area contributed by atoms with Crippen LogP contribution in [0.4, 0.5) is 5.69 Å². The van der Waals surface area contributed by atoms with E-state index in [2.05, 4.69) is 5.32 Å². The Labute approximate surface area is 181 Å². The van der Waals surface area contributed by atoms with Crippen LogP contribution in [0.15, 0.2) is 78.9 Å². The fourth-order valence-corrected chi connectivity index (χ4v) is 2.94. The maximum Gasteiger partial charge on any atom is 0.306 e. The summed E-state index contributed by atoms with van der Waals surface area (Å²) in [7, 11) is 1.60. The first-order chi connectivity index (χ1) is 15.2. The summed E-state index contributed by atoms with van der Waals surface area (Å²) in [4.78, 5) is 24.2. The van der Waals surface area contributed by atoms with Crippen molar-refractivity contribution >= 4 is 17.6 Å². The molecule has 1 N–H and O–H groups in total. The Kier molecular flexibility index (Phi) is 8.05. The molecule has 0 saturated carbocycles. The molecule has 0 aliphatic rings. The molecule has 0 aromatic heterocycles. The summed E-state index contributed by atoms with van der Waals surface area (Å²) in [5, 5.41) is 2.81. The van der Waals surface area contributed by atoms with Crippen molar-refractivity contribution in [1.29, 1.82) is 0 Å². The second-order valence-electron chi connectivity index (χ2n) is 6.75. The highest BCUT2D eigenvalue weighted by Gasteiger charge is 2.11. The van der Waals surface area contributed by atoms with Crippen LogP contribution in [0, 0.1) is 0 Å². The number of amides is 1. The molecule has 6 heteroatoms. The molecular weight excluding hydrogens is 394 g/mol. The molecule has 0 unspecified atom stereocenters. The lowest BCUT2D eigenvalue weighted by molar-refractivity contribution is -0.147. The van der Waals surface area contributed by atoms with Gasteiger partial charge < -0.3 is 19.5 Å². The van der Waals surface area contributed by atoms with Crippen molar-refractivity contribution in [1.82, 2.24) is 0 Å². The van der Waals surface area contributed by atoms with E-state index in [1.807, 2.05) is 54.6 Å². The SMILES string of the molecule is COc1ccc(OCCCC(=O)OCC(=O)Nc2ccccc2-c2ccccc2)cc1. The van der Waals surface area contributed by atoms with Crippen molar-refractivity contribution < 1.29 is 23.8 Å². The quantitative estimate of drug-likeness (QED) is 0.381. The fourth-order valence-electron chi connectivity index (χ4n) is 2.94. The van der Waals surface area contributed by atoms with Crippen molar-refractivity contribution in [3.05, 3.63) is 78.9 Å². The highest BCUT2D eigenvalue weighted by Crippen LogP contribution is 2.27. The standard InChI is InChI=1S/C25H25NO5/c1-29-20-13-15-21(16-14-20)30-17-7-12-25(28)31-18-24(27)26-23-11-6-5-10-22(23)19-8-3-2-4-9-19/h2-6,8-11,13-16H,7,12,17-18H2,1H3,(H,26,27). The monoisotopic (exact) mass is 419 g/mol. The van der Waals surface area contributed by atoms with Gasteiger partial charge in [0.2, 0.25) is 0 Å². The van der Waals surface area contributed by atoms with Crippen LogP contribution in [0.25, 0.3) is 11.1 Å². The summed E-state index contributed by atoms with van der Waals surface area (Å²) < 4.78 is 15.7. The first-order valence-electron chi connectivity index (χ1n) is 10.0. The van der Waals surface area contributed by atoms with Gasteiger partial charge in [-0.1, -0.05) is 48.5 Å². The van der Waals surface area contributed by atoms with Gasteiger partial charge >= 0.3 is 5.97 Å². The zero-order valence-corrected chi connectivity index (χ0v) is 17.4. The molecule has 0 radical (unpaired) electrons. The molecule has 3 aromatic carbocycles. The minimum atomic E-state index is -0.440. The topological polar surface area (TPSA) is 73.9 Å². The van der Waals surface area contributed by atoms with Crippen LogP contribution < -0.4 is 14.8 Å². The minimum absolute atomic E-state index is 0.171. The van der Waals surface area contributed by atoms with E-state index in [0.717, 1.165) is 16.9 Å². The number of rotatable bonds is 10. The second kappa shape index (κ2) is 11.4. The number of esters is 1. The lowest BCUT2D eigenvalue weighted by atomic mass is 10.0. The number of ether oxygens (including phenoxy) is 3. The molecule has 0 heterocycles. The number of anilines is 1. The first-order valence-corrected chi connectivity index (χ1v) is 10.0. The van der Waals surface area contributed by atoms with Gasteiger partial charge in [-0.3, -0.25) is 9.59 Å². The highest BCUT2D eigenvalue weighted by atomic mass is 16.5. The molecule has 0 spiro atoms. The van der Waals surface area contributed by atoms with Gasteiger partial charge in [0, 0.05) is 17.7 Å². The lowest BCUT2D eigenvalue weighted by Crippen LogP contribution is -2.21. The molecule has 0 aliphatic heterocycles. The van der Waals surface area contributed by atoms with Gasteiger partial charge in [0.25, 0.3) is 5.91 Å². The Hall–Kier alpha value is -3.80. The number of hydrogen-bond acceptors (Lipinski definition) is 5. The minimum Gasteiger partial charge on any atom is -0.497 e. The molecule has 0 fully saturated rings. The van der Waals surface area contributed by atoms with Gasteiger partial charge in [0.1, 0.15) is 11.5 Å². The van der Waals surface area contributed by atoms with E-state index in [9.17, 15) is 9.59 Å². The van der Waals surface area contributed by atoms with Crippen molar-refractivity contribution in [2.24, 2.45) is 0 Å². The number of benzene rings is 3. The van der Waals surface area contributed by atoms with Gasteiger partial charge in [-0.05, 0) is 42.3 Å². The van der Waals surface area contributed by atoms with E-state index in [0.29, 0.717) is 24.5 Å². The lowest BCUT2D eigenvalue weighted by Gasteiger charge is -2.11. The normalized spacial score (nSPS) is 10.2.